The summed E-state index contributed by atoms with van der Waals surface area (Å²) in [7, 11) is 1.92. The van der Waals surface area contributed by atoms with Crippen LogP contribution in [0.5, 0.6) is 0 Å². The number of carbonyl (C=O) groups is 1. The molecular formula is C15H21FN2O. The third kappa shape index (κ3) is 3.13. The Hall–Kier alpha value is -1.42. The van der Waals surface area contributed by atoms with Gasteiger partial charge in [0.2, 0.25) is 0 Å². The number of nitrogens with zero attached hydrogens (tertiary/aromatic N) is 1. The van der Waals surface area contributed by atoms with Gasteiger partial charge < -0.3 is 10.2 Å². The van der Waals surface area contributed by atoms with Gasteiger partial charge in [0.1, 0.15) is 5.82 Å². The van der Waals surface area contributed by atoms with E-state index < -0.39 is 0 Å². The number of aryl methyl sites for hydroxylation is 1. The van der Waals surface area contributed by atoms with E-state index >= 15 is 0 Å². The van der Waals surface area contributed by atoms with Crippen LogP contribution in [0.25, 0.3) is 0 Å². The van der Waals surface area contributed by atoms with Gasteiger partial charge in [0.05, 0.1) is 5.56 Å². The first kappa shape index (κ1) is 14.0. The molecule has 0 radical (unpaired) electrons. The lowest BCUT2D eigenvalue weighted by Gasteiger charge is -2.33. The second-order valence-electron chi connectivity index (χ2n) is 5.25. The Kier molecular flexibility index (Phi) is 4.53. The molecule has 0 bridgehead atoms. The Morgan fingerprint density at radius 1 is 1.53 bits per heavy atom. The Balaban J connectivity index is 2.12. The minimum atomic E-state index is -0.386. The first-order valence-corrected chi connectivity index (χ1v) is 6.82. The van der Waals surface area contributed by atoms with E-state index in [0.717, 1.165) is 25.9 Å². The first-order chi connectivity index (χ1) is 9.13. The predicted molar refractivity (Wildman–Crippen MR) is 73.7 cm³/mol. The van der Waals surface area contributed by atoms with Crippen LogP contribution in [0.2, 0.25) is 0 Å². The summed E-state index contributed by atoms with van der Waals surface area (Å²) >= 11 is 0. The molecule has 0 saturated carbocycles. The number of carbonyl (C=O) groups excluding carboxylic acids is 1. The maximum Gasteiger partial charge on any atom is 0.256 e. The molecular weight excluding hydrogens is 243 g/mol. The van der Waals surface area contributed by atoms with Gasteiger partial charge in [-0.15, -0.1) is 0 Å². The first-order valence-electron chi connectivity index (χ1n) is 6.82. The highest BCUT2D eigenvalue weighted by Gasteiger charge is 2.25. The van der Waals surface area contributed by atoms with Gasteiger partial charge in [0.15, 0.2) is 0 Å². The second-order valence-corrected chi connectivity index (χ2v) is 5.25. The molecule has 1 amide bonds. The molecule has 0 aliphatic carbocycles. The number of rotatable bonds is 3. The van der Waals surface area contributed by atoms with Gasteiger partial charge in [-0.25, -0.2) is 4.39 Å². The normalized spacial score (nSPS) is 19.5. The molecule has 104 valence electrons. The van der Waals surface area contributed by atoms with Crippen molar-refractivity contribution in [2.75, 3.05) is 26.7 Å². The standard InChI is InChI=1S/C15H21FN2O/c1-11-5-3-7-13(14(11)16)15(19)18-8-4-6-12(10-18)9-17-2/h3,5,7,12,17H,4,6,8-10H2,1-2H3. The zero-order chi connectivity index (χ0) is 13.8. The highest BCUT2D eigenvalue weighted by Crippen LogP contribution is 2.20. The number of piperidine rings is 1. The average Bonchev–Trinajstić information content (AvgIpc) is 2.42. The summed E-state index contributed by atoms with van der Waals surface area (Å²) in [6, 6.07) is 5.00. The fraction of sp³-hybridized carbons (Fsp3) is 0.533. The summed E-state index contributed by atoms with van der Waals surface area (Å²) in [5, 5.41) is 3.15. The van der Waals surface area contributed by atoms with Gasteiger partial charge in [-0.3, -0.25) is 4.79 Å². The number of hydrogen-bond acceptors (Lipinski definition) is 2. The van der Waals surface area contributed by atoms with Crippen molar-refractivity contribution in [3.05, 3.63) is 35.1 Å². The van der Waals surface area contributed by atoms with E-state index in [4.69, 9.17) is 0 Å². The molecule has 4 heteroatoms. The summed E-state index contributed by atoms with van der Waals surface area (Å²) in [4.78, 5) is 14.2. The van der Waals surface area contributed by atoms with Crippen molar-refractivity contribution in [1.82, 2.24) is 10.2 Å². The molecule has 1 fully saturated rings. The van der Waals surface area contributed by atoms with Crippen LogP contribution in [0.1, 0.15) is 28.8 Å². The molecule has 1 aliphatic heterocycles. The molecule has 1 saturated heterocycles. The van der Waals surface area contributed by atoms with Gasteiger partial charge >= 0.3 is 0 Å². The van der Waals surface area contributed by atoms with E-state index in [9.17, 15) is 9.18 Å². The smallest absolute Gasteiger partial charge is 0.256 e. The highest BCUT2D eigenvalue weighted by atomic mass is 19.1. The third-order valence-electron chi connectivity index (χ3n) is 3.72. The van der Waals surface area contributed by atoms with E-state index in [2.05, 4.69) is 5.32 Å². The summed E-state index contributed by atoms with van der Waals surface area (Å²) in [5.41, 5.74) is 0.722. The summed E-state index contributed by atoms with van der Waals surface area (Å²) in [5.74, 6) is -0.0965. The fourth-order valence-electron chi connectivity index (χ4n) is 2.69. The Morgan fingerprint density at radius 2 is 2.32 bits per heavy atom. The lowest BCUT2D eigenvalue weighted by atomic mass is 9.97. The van der Waals surface area contributed by atoms with Crippen LogP contribution in [0.15, 0.2) is 18.2 Å². The van der Waals surface area contributed by atoms with E-state index in [1.54, 1.807) is 30.0 Å². The van der Waals surface area contributed by atoms with Crippen molar-refractivity contribution in [3.63, 3.8) is 0 Å². The number of likely N-dealkylation sites (tertiary alicyclic amines) is 1. The molecule has 0 spiro atoms. The van der Waals surface area contributed by atoms with Crippen molar-refractivity contribution < 1.29 is 9.18 Å². The Labute approximate surface area is 113 Å². The quantitative estimate of drug-likeness (QED) is 0.907. The molecule has 1 aromatic carbocycles. The second kappa shape index (κ2) is 6.15. The van der Waals surface area contributed by atoms with Crippen LogP contribution >= 0.6 is 0 Å². The molecule has 1 atom stereocenters. The van der Waals surface area contributed by atoms with Crippen LogP contribution in [-0.4, -0.2) is 37.5 Å². The van der Waals surface area contributed by atoms with E-state index in [0.29, 0.717) is 18.0 Å². The molecule has 1 heterocycles. The molecule has 1 N–H and O–H groups in total. The Morgan fingerprint density at radius 3 is 3.05 bits per heavy atom. The van der Waals surface area contributed by atoms with Gasteiger partial charge in [0, 0.05) is 13.1 Å². The number of hydrogen-bond donors (Lipinski definition) is 1. The van der Waals surface area contributed by atoms with Crippen LogP contribution in [-0.2, 0) is 0 Å². The topological polar surface area (TPSA) is 32.3 Å². The number of benzene rings is 1. The highest BCUT2D eigenvalue weighted by molar-refractivity contribution is 5.94. The summed E-state index contributed by atoms with van der Waals surface area (Å²) in [6.45, 7) is 4.03. The molecule has 1 unspecified atom stereocenters. The monoisotopic (exact) mass is 264 g/mol. The summed E-state index contributed by atoms with van der Waals surface area (Å²) < 4.78 is 14.0. The maximum absolute atomic E-state index is 14.0. The SMILES string of the molecule is CNCC1CCCN(C(=O)c2cccc(C)c2F)C1. The fourth-order valence-corrected chi connectivity index (χ4v) is 2.69. The molecule has 1 aromatic rings. The largest absolute Gasteiger partial charge is 0.338 e. The van der Waals surface area contributed by atoms with Crippen molar-refractivity contribution in [2.24, 2.45) is 5.92 Å². The molecule has 2 rings (SSSR count). The van der Waals surface area contributed by atoms with Gasteiger partial charge in [-0.2, -0.15) is 0 Å². The van der Waals surface area contributed by atoms with Crippen LogP contribution in [0.3, 0.4) is 0 Å². The minimum Gasteiger partial charge on any atom is -0.338 e. The van der Waals surface area contributed by atoms with Crippen LogP contribution in [0.4, 0.5) is 4.39 Å². The Bertz CT molecular complexity index is 459. The van der Waals surface area contributed by atoms with Crippen LogP contribution in [0, 0.1) is 18.7 Å². The number of nitrogens with one attached hydrogen (secondary N) is 1. The van der Waals surface area contributed by atoms with Crippen molar-refractivity contribution in [3.8, 4) is 0 Å². The number of amides is 1. The van der Waals surface area contributed by atoms with Crippen LogP contribution < -0.4 is 5.32 Å². The lowest BCUT2D eigenvalue weighted by molar-refractivity contribution is 0.0669. The molecule has 19 heavy (non-hydrogen) atoms. The van der Waals surface area contributed by atoms with Gasteiger partial charge in [-0.1, -0.05) is 12.1 Å². The van der Waals surface area contributed by atoms with Crippen molar-refractivity contribution in [2.45, 2.75) is 19.8 Å². The van der Waals surface area contributed by atoms with Crippen molar-refractivity contribution in [1.29, 1.82) is 0 Å². The zero-order valence-electron chi connectivity index (χ0n) is 11.6. The summed E-state index contributed by atoms with van der Waals surface area (Å²) in [6.07, 6.45) is 2.12. The number of halogens is 1. The van der Waals surface area contributed by atoms with E-state index in [-0.39, 0.29) is 17.3 Å². The van der Waals surface area contributed by atoms with Crippen molar-refractivity contribution >= 4 is 5.91 Å². The average molecular weight is 264 g/mol. The third-order valence-corrected chi connectivity index (χ3v) is 3.72. The zero-order valence-corrected chi connectivity index (χ0v) is 11.6. The molecule has 1 aliphatic rings. The lowest BCUT2D eigenvalue weighted by Crippen LogP contribution is -2.42. The van der Waals surface area contributed by atoms with E-state index in [1.165, 1.54) is 0 Å². The molecule has 0 aromatic heterocycles. The van der Waals surface area contributed by atoms with E-state index in [1.807, 2.05) is 7.05 Å². The minimum absolute atomic E-state index is 0.179. The molecule has 3 nitrogen and oxygen atoms in total. The predicted octanol–water partition coefficient (Wildman–Crippen LogP) is 2.21. The van der Waals surface area contributed by atoms with Gasteiger partial charge in [-0.05, 0) is 50.9 Å². The maximum atomic E-state index is 14.0. The van der Waals surface area contributed by atoms with Gasteiger partial charge in [0.25, 0.3) is 5.91 Å².